The quantitative estimate of drug-likeness (QED) is 0.893. The molecule has 23 heavy (non-hydrogen) atoms. The summed E-state index contributed by atoms with van der Waals surface area (Å²) in [7, 11) is 0. The summed E-state index contributed by atoms with van der Waals surface area (Å²) in [4.78, 5) is 28.9. The van der Waals surface area contributed by atoms with E-state index in [-0.39, 0.29) is 18.1 Å². The number of aromatic amines is 1. The summed E-state index contributed by atoms with van der Waals surface area (Å²) in [6.45, 7) is 5.30. The molecule has 1 aromatic heterocycles. The maximum atomic E-state index is 12.4. The molecule has 5 nitrogen and oxygen atoms in total. The van der Waals surface area contributed by atoms with Crippen LogP contribution in [0.2, 0.25) is 0 Å². The molecule has 0 fully saturated rings. The zero-order valence-corrected chi connectivity index (χ0v) is 13.5. The normalized spacial score (nSPS) is 13.6. The molecular formula is C18H21N3O2. The van der Waals surface area contributed by atoms with Crippen molar-refractivity contribution >= 4 is 6.03 Å². The lowest BCUT2D eigenvalue weighted by molar-refractivity contribution is 0.192. The van der Waals surface area contributed by atoms with Crippen molar-refractivity contribution in [3.8, 4) is 0 Å². The molecule has 0 atom stereocenters. The lowest BCUT2D eigenvalue weighted by atomic mass is 10.0. The molecular weight excluding hydrogens is 290 g/mol. The number of nitrogens with one attached hydrogen (secondary N) is 2. The Balaban J connectivity index is 1.66. The molecule has 3 rings (SSSR count). The molecule has 1 aliphatic rings. The van der Waals surface area contributed by atoms with Crippen LogP contribution >= 0.6 is 0 Å². The standard InChI is InChI=1S/C18H21N3O2/c1-12-9-13(2)20-17(22)16(12)10-19-18(23)21-8-7-14-5-3-4-6-15(14)11-21/h3-6,9H,7-8,10-11H2,1-2H3,(H,19,23)(H,20,22). The molecule has 2 N–H and O–H groups in total. The van der Waals surface area contributed by atoms with Gasteiger partial charge in [-0.15, -0.1) is 0 Å². The number of nitrogens with zero attached hydrogens (tertiary/aromatic N) is 1. The summed E-state index contributed by atoms with van der Waals surface area (Å²) in [5, 5.41) is 2.87. The van der Waals surface area contributed by atoms with Gasteiger partial charge in [0.15, 0.2) is 0 Å². The largest absolute Gasteiger partial charge is 0.334 e. The number of fused-ring (bicyclic) bond motifs is 1. The molecule has 120 valence electrons. The SMILES string of the molecule is Cc1cc(C)c(CNC(=O)N2CCc3ccccc3C2)c(=O)[nH]1. The summed E-state index contributed by atoms with van der Waals surface area (Å²) < 4.78 is 0. The molecule has 0 spiro atoms. The summed E-state index contributed by atoms with van der Waals surface area (Å²) in [6.07, 6.45) is 0.869. The zero-order chi connectivity index (χ0) is 16.4. The van der Waals surface area contributed by atoms with Crippen LogP contribution in [0.15, 0.2) is 35.1 Å². The van der Waals surface area contributed by atoms with Crippen LogP contribution in [-0.4, -0.2) is 22.5 Å². The van der Waals surface area contributed by atoms with Gasteiger partial charge in [-0.2, -0.15) is 0 Å². The van der Waals surface area contributed by atoms with E-state index in [2.05, 4.69) is 22.4 Å². The maximum Gasteiger partial charge on any atom is 0.317 e. The highest BCUT2D eigenvalue weighted by atomic mass is 16.2. The van der Waals surface area contributed by atoms with Crippen LogP contribution in [0.1, 0.15) is 27.9 Å². The molecule has 5 heteroatoms. The van der Waals surface area contributed by atoms with Gasteiger partial charge in [-0.25, -0.2) is 4.79 Å². The molecule has 0 saturated carbocycles. The van der Waals surface area contributed by atoms with Crippen molar-refractivity contribution in [2.75, 3.05) is 6.54 Å². The minimum absolute atomic E-state index is 0.126. The van der Waals surface area contributed by atoms with E-state index in [0.29, 0.717) is 18.7 Å². The van der Waals surface area contributed by atoms with E-state index in [9.17, 15) is 9.59 Å². The van der Waals surface area contributed by atoms with Gasteiger partial charge in [0, 0.05) is 24.3 Å². The smallest absolute Gasteiger partial charge is 0.317 e. The van der Waals surface area contributed by atoms with E-state index in [1.165, 1.54) is 11.1 Å². The van der Waals surface area contributed by atoms with Crippen molar-refractivity contribution < 1.29 is 4.79 Å². The molecule has 1 aromatic carbocycles. The van der Waals surface area contributed by atoms with Crippen LogP contribution in [0.5, 0.6) is 0 Å². The minimum atomic E-state index is -0.133. The molecule has 2 heterocycles. The lowest BCUT2D eigenvalue weighted by Crippen LogP contribution is -2.43. The third kappa shape index (κ3) is 3.28. The first-order valence-electron chi connectivity index (χ1n) is 7.83. The number of rotatable bonds is 2. The number of amides is 2. The molecule has 0 unspecified atom stereocenters. The fraction of sp³-hybridized carbons (Fsp3) is 0.333. The van der Waals surface area contributed by atoms with Crippen LogP contribution < -0.4 is 10.9 Å². The monoisotopic (exact) mass is 311 g/mol. The molecule has 0 aliphatic carbocycles. The van der Waals surface area contributed by atoms with Crippen molar-refractivity contribution in [2.45, 2.75) is 33.4 Å². The number of pyridine rings is 1. The van der Waals surface area contributed by atoms with Gasteiger partial charge in [0.25, 0.3) is 5.56 Å². The third-order valence-corrected chi connectivity index (χ3v) is 4.33. The third-order valence-electron chi connectivity index (χ3n) is 4.33. The van der Waals surface area contributed by atoms with Crippen molar-refractivity contribution in [3.63, 3.8) is 0 Å². The Morgan fingerprint density at radius 3 is 2.74 bits per heavy atom. The van der Waals surface area contributed by atoms with E-state index in [1.54, 1.807) is 4.90 Å². The van der Waals surface area contributed by atoms with Gasteiger partial charge in [0.1, 0.15) is 0 Å². The van der Waals surface area contributed by atoms with Crippen molar-refractivity contribution in [1.82, 2.24) is 15.2 Å². The number of urea groups is 1. The van der Waals surface area contributed by atoms with Crippen molar-refractivity contribution in [1.29, 1.82) is 0 Å². The highest BCUT2D eigenvalue weighted by Crippen LogP contribution is 2.18. The number of hydrogen-bond acceptors (Lipinski definition) is 2. The number of benzene rings is 1. The Morgan fingerprint density at radius 2 is 2.00 bits per heavy atom. The fourth-order valence-corrected chi connectivity index (χ4v) is 3.05. The lowest BCUT2D eigenvalue weighted by Gasteiger charge is -2.29. The summed E-state index contributed by atoms with van der Waals surface area (Å²) in [6, 6.07) is 9.98. The maximum absolute atomic E-state index is 12.4. The Labute approximate surface area is 135 Å². The summed E-state index contributed by atoms with van der Waals surface area (Å²) in [5.74, 6) is 0. The van der Waals surface area contributed by atoms with Crippen LogP contribution in [0.25, 0.3) is 0 Å². The minimum Gasteiger partial charge on any atom is -0.334 e. The second-order valence-electron chi connectivity index (χ2n) is 6.04. The van der Waals surface area contributed by atoms with Crippen LogP contribution in [0.3, 0.4) is 0 Å². The van der Waals surface area contributed by atoms with E-state index < -0.39 is 0 Å². The molecule has 2 aromatic rings. The van der Waals surface area contributed by atoms with Gasteiger partial charge in [0.2, 0.25) is 0 Å². The first-order chi connectivity index (χ1) is 11.0. The Bertz CT molecular complexity index is 795. The Kier molecular flexibility index (Phi) is 4.19. The highest BCUT2D eigenvalue weighted by molar-refractivity contribution is 5.74. The molecule has 2 amide bonds. The van der Waals surface area contributed by atoms with E-state index in [1.807, 2.05) is 32.0 Å². The van der Waals surface area contributed by atoms with Crippen LogP contribution in [-0.2, 0) is 19.5 Å². The topological polar surface area (TPSA) is 65.2 Å². The van der Waals surface area contributed by atoms with Gasteiger partial charge in [-0.3, -0.25) is 4.79 Å². The second-order valence-corrected chi connectivity index (χ2v) is 6.04. The molecule has 0 bridgehead atoms. The van der Waals surface area contributed by atoms with E-state index in [4.69, 9.17) is 0 Å². The summed E-state index contributed by atoms with van der Waals surface area (Å²) >= 11 is 0. The average Bonchev–Trinajstić information content (AvgIpc) is 2.53. The van der Waals surface area contributed by atoms with Gasteiger partial charge in [-0.05, 0) is 43.0 Å². The van der Waals surface area contributed by atoms with Gasteiger partial charge in [-0.1, -0.05) is 24.3 Å². The second kappa shape index (κ2) is 6.28. The number of aromatic nitrogens is 1. The van der Waals surface area contributed by atoms with Gasteiger partial charge >= 0.3 is 6.03 Å². The van der Waals surface area contributed by atoms with E-state index >= 15 is 0 Å². The molecule has 0 radical (unpaired) electrons. The first kappa shape index (κ1) is 15.3. The highest BCUT2D eigenvalue weighted by Gasteiger charge is 2.20. The predicted octanol–water partition coefficient (Wildman–Crippen LogP) is 2.26. The fourth-order valence-electron chi connectivity index (χ4n) is 3.05. The van der Waals surface area contributed by atoms with Gasteiger partial charge < -0.3 is 15.2 Å². The van der Waals surface area contributed by atoms with Crippen molar-refractivity contribution in [3.05, 3.63) is 68.6 Å². The van der Waals surface area contributed by atoms with Crippen LogP contribution in [0.4, 0.5) is 4.79 Å². The number of hydrogen-bond donors (Lipinski definition) is 2. The zero-order valence-electron chi connectivity index (χ0n) is 13.5. The molecule has 0 saturated heterocycles. The average molecular weight is 311 g/mol. The van der Waals surface area contributed by atoms with E-state index in [0.717, 1.165) is 17.7 Å². The molecule has 1 aliphatic heterocycles. The number of aryl methyl sites for hydroxylation is 2. The van der Waals surface area contributed by atoms with Gasteiger partial charge in [0.05, 0.1) is 6.54 Å². The Hall–Kier alpha value is -2.56. The Morgan fingerprint density at radius 1 is 1.26 bits per heavy atom. The summed E-state index contributed by atoms with van der Waals surface area (Å²) in [5.41, 5.74) is 4.71. The predicted molar refractivity (Wildman–Crippen MR) is 89.3 cm³/mol. The van der Waals surface area contributed by atoms with Crippen LogP contribution in [0, 0.1) is 13.8 Å². The number of carbonyl (C=O) groups excluding carboxylic acids is 1. The van der Waals surface area contributed by atoms with Crippen molar-refractivity contribution in [2.24, 2.45) is 0 Å². The first-order valence-corrected chi connectivity index (χ1v) is 7.83. The number of H-pyrrole nitrogens is 1. The number of carbonyl (C=O) groups is 1.